The molecule has 1 aliphatic heterocycles. The van der Waals surface area contributed by atoms with E-state index in [-0.39, 0.29) is 19.2 Å². The van der Waals surface area contributed by atoms with Gasteiger partial charge in [0.05, 0.1) is 13.2 Å². The first-order valence-corrected chi connectivity index (χ1v) is 9.13. The summed E-state index contributed by atoms with van der Waals surface area (Å²) in [5.74, 6) is 1.74. The first kappa shape index (κ1) is 19.0. The Morgan fingerprint density at radius 3 is 2.67 bits per heavy atom. The topological polar surface area (TPSA) is 77.0 Å². The van der Waals surface area contributed by atoms with Crippen molar-refractivity contribution >= 4 is 5.91 Å². The number of carbonyl (C=O) groups is 1. The van der Waals surface area contributed by atoms with Crippen LogP contribution in [0.2, 0.25) is 0 Å². The molecule has 6 nitrogen and oxygen atoms in total. The van der Waals surface area contributed by atoms with Crippen LogP contribution in [0.15, 0.2) is 42.5 Å². The highest BCUT2D eigenvalue weighted by Crippen LogP contribution is 2.35. The van der Waals surface area contributed by atoms with Crippen molar-refractivity contribution < 1.29 is 24.1 Å². The van der Waals surface area contributed by atoms with Gasteiger partial charge in [-0.15, -0.1) is 0 Å². The highest BCUT2D eigenvalue weighted by Gasteiger charge is 2.26. The van der Waals surface area contributed by atoms with Crippen molar-refractivity contribution in [2.24, 2.45) is 0 Å². The van der Waals surface area contributed by atoms with Crippen LogP contribution in [0.25, 0.3) is 0 Å². The third kappa shape index (κ3) is 4.71. The largest absolute Gasteiger partial charge is 0.494 e. The van der Waals surface area contributed by atoms with Crippen LogP contribution < -0.4 is 19.5 Å². The standard InChI is InChI=1S/C21H25NO5/c1-3-4-11-25-17-8-5-15(6-9-17)20(23)22-13-21(2,24)16-7-10-18-19(12-16)27-14-26-18/h5-10,12,24H,3-4,11,13-14H2,1-2H3,(H,22,23). The fraction of sp³-hybridized carbons (Fsp3) is 0.381. The molecule has 2 N–H and O–H groups in total. The molecule has 3 rings (SSSR count). The summed E-state index contributed by atoms with van der Waals surface area (Å²) in [5.41, 5.74) is -0.0779. The molecule has 0 fully saturated rings. The normalized spacial score (nSPS) is 14.5. The van der Waals surface area contributed by atoms with Gasteiger partial charge in [0, 0.05) is 5.56 Å². The van der Waals surface area contributed by atoms with E-state index in [1.165, 1.54) is 0 Å². The van der Waals surface area contributed by atoms with E-state index in [0.717, 1.165) is 18.6 Å². The number of fused-ring (bicyclic) bond motifs is 1. The van der Waals surface area contributed by atoms with E-state index in [0.29, 0.717) is 29.2 Å². The molecule has 0 radical (unpaired) electrons. The van der Waals surface area contributed by atoms with Crippen molar-refractivity contribution in [2.75, 3.05) is 19.9 Å². The predicted molar refractivity (Wildman–Crippen MR) is 101 cm³/mol. The smallest absolute Gasteiger partial charge is 0.251 e. The summed E-state index contributed by atoms with van der Waals surface area (Å²) in [4.78, 5) is 12.4. The Kier molecular flexibility index (Phi) is 5.86. The third-order valence-electron chi connectivity index (χ3n) is 4.47. The number of carbonyl (C=O) groups excluding carboxylic acids is 1. The average molecular weight is 371 g/mol. The molecule has 0 bridgehead atoms. The first-order chi connectivity index (χ1) is 13.0. The fourth-order valence-corrected chi connectivity index (χ4v) is 2.72. The van der Waals surface area contributed by atoms with Gasteiger partial charge in [-0.05, 0) is 55.3 Å². The summed E-state index contributed by atoms with van der Waals surface area (Å²) < 4.78 is 16.2. The molecule has 0 saturated heterocycles. The van der Waals surface area contributed by atoms with Gasteiger partial charge in [-0.25, -0.2) is 0 Å². The molecule has 0 aromatic heterocycles. The van der Waals surface area contributed by atoms with Crippen molar-refractivity contribution in [2.45, 2.75) is 32.3 Å². The van der Waals surface area contributed by atoms with Crippen LogP contribution in [0.1, 0.15) is 42.6 Å². The molecule has 1 aliphatic rings. The number of amides is 1. The van der Waals surface area contributed by atoms with E-state index < -0.39 is 5.60 Å². The van der Waals surface area contributed by atoms with Gasteiger partial charge in [0.2, 0.25) is 6.79 Å². The number of ether oxygens (including phenoxy) is 3. The lowest BCUT2D eigenvalue weighted by Gasteiger charge is -2.24. The van der Waals surface area contributed by atoms with Crippen molar-refractivity contribution in [1.82, 2.24) is 5.32 Å². The van der Waals surface area contributed by atoms with Gasteiger partial charge in [0.15, 0.2) is 11.5 Å². The van der Waals surface area contributed by atoms with Crippen LogP contribution in [0, 0.1) is 0 Å². The second-order valence-electron chi connectivity index (χ2n) is 6.75. The molecular weight excluding hydrogens is 346 g/mol. The molecule has 6 heteroatoms. The van der Waals surface area contributed by atoms with Crippen LogP contribution in [0.4, 0.5) is 0 Å². The summed E-state index contributed by atoms with van der Waals surface area (Å²) in [7, 11) is 0. The Morgan fingerprint density at radius 1 is 1.19 bits per heavy atom. The van der Waals surface area contributed by atoms with Crippen molar-refractivity contribution in [3.05, 3.63) is 53.6 Å². The molecule has 0 saturated carbocycles. The highest BCUT2D eigenvalue weighted by atomic mass is 16.7. The maximum atomic E-state index is 12.4. The minimum absolute atomic E-state index is 0.0697. The predicted octanol–water partition coefficient (Wildman–Crippen LogP) is 3.23. The number of hydrogen-bond donors (Lipinski definition) is 2. The molecule has 2 aromatic rings. The second kappa shape index (κ2) is 8.31. The molecule has 144 valence electrons. The maximum Gasteiger partial charge on any atom is 0.251 e. The molecular formula is C21H25NO5. The molecule has 1 unspecified atom stereocenters. The number of aliphatic hydroxyl groups is 1. The highest BCUT2D eigenvalue weighted by molar-refractivity contribution is 5.94. The van der Waals surface area contributed by atoms with E-state index in [9.17, 15) is 9.90 Å². The Labute approximate surface area is 159 Å². The van der Waals surface area contributed by atoms with Gasteiger partial charge < -0.3 is 24.6 Å². The molecule has 27 heavy (non-hydrogen) atoms. The third-order valence-corrected chi connectivity index (χ3v) is 4.47. The van der Waals surface area contributed by atoms with Crippen molar-refractivity contribution in [3.8, 4) is 17.2 Å². The Balaban J connectivity index is 1.57. The average Bonchev–Trinajstić information content (AvgIpc) is 3.15. The van der Waals surface area contributed by atoms with Crippen LogP contribution in [-0.4, -0.2) is 31.0 Å². The number of hydrogen-bond acceptors (Lipinski definition) is 5. The zero-order valence-corrected chi connectivity index (χ0v) is 15.7. The summed E-state index contributed by atoms with van der Waals surface area (Å²) >= 11 is 0. The number of nitrogens with one attached hydrogen (secondary N) is 1. The van der Waals surface area contributed by atoms with Crippen LogP contribution in [-0.2, 0) is 5.60 Å². The summed E-state index contributed by atoms with van der Waals surface area (Å²) in [6, 6.07) is 12.2. The summed E-state index contributed by atoms with van der Waals surface area (Å²) in [6.45, 7) is 4.67. The minimum Gasteiger partial charge on any atom is -0.494 e. The van der Waals surface area contributed by atoms with Gasteiger partial charge in [0.25, 0.3) is 5.91 Å². The van der Waals surface area contributed by atoms with Gasteiger partial charge in [0.1, 0.15) is 11.4 Å². The molecule has 0 aliphatic carbocycles. The quantitative estimate of drug-likeness (QED) is 0.697. The van der Waals surface area contributed by atoms with Crippen LogP contribution in [0.5, 0.6) is 17.2 Å². The lowest BCUT2D eigenvalue weighted by atomic mass is 9.95. The zero-order chi connectivity index (χ0) is 19.3. The van der Waals surface area contributed by atoms with Crippen molar-refractivity contribution in [3.63, 3.8) is 0 Å². The summed E-state index contributed by atoms with van der Waals surface area (Å²) in [6.07, 6.45) is 2.07. The van der Waals surface area contributed by atoms with Crippen LogP contribution >= 0.6 is 0 Å². The van der Waals surface area contributed by atoms with E-state index in [4.69, 9.17) is 14.2 Å². The fourth-order valence-electron chi connectivity index (χ4n) is 2.72. The lowest BCUT2D eigenvalue weighted by Crippen LogP contribution is -2.38. The van der Waals surface area contributed by atoms with E-state index in [1.54, 1.807) is 49.4 Å². The van der Waals surface area contributed by atoms with Gasteiger partial charge in [-0.3, -0.25) is 4.79 Å². The number of unbranched alkanes of at least 4 members (excludes halogenated alkanes) is 1. The number of rotatable bonds is 8. The van der Waals surface area contributed by atoms with Gasteiger partial charge in [-0.2, -0.15) is 0 Å². The second-order valence-corrected chi connectivity index (χ2v) is 6.75. The van der Waals surface area contributed by atoms with Crippen LogP contribution in [0.3, 0.4) is 0 Å². The Hall–Kier alpha value is -2.73. The molecule has 0 spiro atoms. The van der Waals surface area contributed by atoms with E-state index in [1.807, 2.05) is 0 Å². The number of benzene rings is 2. The zero-order valence-electron chi connectivity index (χ0n) is 15.7. The summed E-state index contributed by atoms with van der Waals surface area (Å²) in [5, 5.41) is 13.5. The monoisotopic (exact) mass is 371 g/mol. The molecule has 1 atom stereocenters. The van der Waals surface area contributed by atoms with Gasteiger partial charge >= 0.3 is 0 Å². The SMILES string of the molecule is CCCCOc1ccc(C(=O)NCC(C)(O)c2ccc3c(c2)OCO3)cc1. The molecule has 1 heterocycles. The van der Waals surface area contributed by atoms with E-state index in [2.05, 4.69) is 12.2 Å². The van der Waals surface area contributed by atoms with E-state index >= 15 is 0 Å². The van der Waals surface area contributed by atoms with Crippen molar-refractivity contribution in [1.29, 1.82) is 0 Å². The Morgan fingerprint density at radius 2 is 1.93 bits per heavy atom. The van der Waals surface area contributed by atoms with Gasteiger partial charge in [-0.1, -0.05) is 19.4 Å². The lowest BCUT2D eigenvalue weighted by molar-refractivity contribution is 0.0525. The minimum atomic E-state index is -1.24. The maximum absolute atomic E-state index is 12.4. The Bertz CT molecular complexity index is 786. The first-order valence-electron chi connectivity index (χ1n) is 9.13. The molecule has 2 aromatic carbocycles. The molecule has 1 amide bonds.